The van der Waals surface area contributed by atoms with Crippen molar-refractivity contribution in [2.75, 3.05) is 17.0 Å². The third-order valence-corrected chi connectivity index (χ3v) is 3.55. The SMILES string of the molecule is CC(C)NCCS(=O)(=O)Nc1c(F)c(F)cc(F)c1F. The van der Waals surface area contributed by atoms with E-state index >= 15 is 0 Å². The third kappa shape index (κ3) is 4.34. The number of sulfonamides is 1. The summed E-state index contributed by atoms with van der Waals surface area (Å²) in [4.78, 5) is 0. The monoisotopic (exact) mass is 314 g/mol. The van der Waals surface area contributed by atoms with Gasteiger partial charge in [0.2, 0.25) is 10.0 Å². The average Bonchev–Trinajstić information content (AvgIpc) is 2.31. The minimum Gasteiger partial charge on any atom is -0.313 e. The number of rotatable bonds is 6. The molecule has 2 N–H and O–H groups in total. The molecule has 0 saturated heterocycles. The summed E-state index contributed by atoms with van der Waals surface area (Å²) in [6.07, 6.45) is 0. The number of benzene rings is 1. The van der Waals surface area contributed by atoms with Crippen molar-refractivity contribution < 1.29 is 26.0 Å². The van der Waals surface area contributed by atoms with Crippen LogP contribution in [0.25, 0.3) is 0 Å². The molecule has 0 aliphatic rings. The smallest absolute Gasteiger partial charge is 0.234 e. The Morgan fingerprint density at radius 1 is 1.10 bits per heavy atom. The summed E-state index contributed by atoms with van der Waals surface area (Å²) >= 11 is 0. The van der Waals surface area contributed by atoms with Crippen LogP contribution in [0, 0.1) is 23.3 Å². The van der Waals surface area contributed by atoms with Crippen molar-refractivity contribution in [1.82, 2.24) is 5.32 Å². The lowest BCUT2D eigenvalue weighted by Gasteiger charge is -2.12. The molecule has 0 atom stereocenters. The fraction of sp³-hybridized carbons (Fsp3) is 0.455. The molecule has 1 rings (SSSR count). The van der Waals surface area contributed by atoms with E-state index in [0.29, 0.717) is 0 Å². The first-order valence-corrected chi connectivity index (χ1v) is 7.36. The van der Waals surface area contributed by atoms with Gasteiger partial charge in [-0.2, -0.15) is 0 Å². The summed E-state index contributed by atoms with van der Waals surface area (Å²) in [6, 6.07) is 0.0215. The van der Waals surface area contributed by atoms with Crippen LogP contribution in [0.3, 0.4) is 0 Å². The fourth-order valence-electron chi connectivity index (χ4n) is 1.35. The largest absolute Gasteiger partial charge is 0.313 e. The van der Waals surface area contributed by atoms with E-state index in [2.05, 4.69) is 5.32 Å². The molecule has 1 aromatic carbocycles. The van der Waals surface area contributed by atoms with Gasteiger partial charge in [0.05, 0.1) is 5.75 Å². The van der Waals surface area contributed by atoms with E-state index in [0.717, 1.165) is 0 Å². The summed E-state index contributed by atoms with van der Waals surface area (Å²) < 4.78 is 77.1. The molecule has 114 valence electrons. The lowest BCUT2D eigenvalue weighted by molar-refractivity contribution is 0.459. The number of hydrogen-bond acceptors (Lipinski definition) is 3. The van der Waals surface area contributed by atoms with Crippen molar-refractivity contribution in [3.05, 3.63) is 29.3 Å². The zero-order chi connectivity index (χ0) is 15.5. The molecule has 0 aliphatic heterocycles. The van der Waals surface area contributed by atoms with Gasteiger partial charge in [-0.3, -0.25) is 4.72 Å². The van der Waals surface area contributed by atoms with Crippen molar-refractivity contribution in [3.63, 3.8) is 0 Å². The molecule has 0 bridgehead atoms. The number of halogens is 4. The summed E-state index contributed by atoms with van der Waals surface area (Å²) in [7, 11) is -4.13. The highest BCUT2D eigenvalue weighted by Crippen LogP contribution is 2.24. The van der Waals surface area contributed by atoms with Crippen LogP contribution in [0.1, 0.15) is 13.8 Å². The zero-order valence-corrected chi connectivity index (χ0v) is 11.6. The van der Waals surface area contributed by atoms with Crippen molar-refractivity contribution in [3.8, 4) is 0 Å². The summed E-state index contributed by atoms with van der Waals surface area (Å²) in [6.45, 7) is 3.58. The van der Waals surface area contributed by atoms with Gasteiger partial charge >= 0.3 is 0 Å². The predicted octanol–water partition coefficient (Wildman–Crippen LogP) is 1.98. The van der Waals surface area contributed by atoms with Crippen molar-refractivity contribution in [2.24, 2.45) is 0 Å². The van der Waals surface area contributed by atoms with E-state index in [-0.39, 0.29) is 18.7 Å². The highest BCUT2D eigenvalue weighted by molar-refractivity contribution is 7.92. The minimum atomic E-state index is -4.13. The molecule has 0 aromatic heterocycles. The molecule has 0 fully saturated rings. The van der Waals surface area contributed by atoms with Gasteiger partial charge in [-0.25, -0.2) is 26.0 Å². The van der Waals surface area contributed by atoms with Crippen LogP contribution in [-0.2, 0) is 10.0 Å². The van der Waals surface area contributed by atoms with Gasteiger partial charge in [-0.05, 0) is 0 Å². The second kappa shape index (κ2) is 6.40. The topological polar surface area (TPSA) is 58.2 Å². The molecule has 0 heterocycles. The molecule has 20 heavy (non-hydrogen) atoms. The van der Waals surface area contributed by atoms with Crippen molar-refractivity contribution in [1.29, 1.82) is 0 Å². The third-order valence-electron chi connectivity index (χ3n) is 2.29. The van der Waals surface area contributed by atoms with E-state index in [9.17, 15) is 26.0 Å². The number of nitrogens with one attached hydrogen (secondary N) is 2. The van der Waals surface area contributed by atoms with Gasteiger partial charge in [0, 0.05) is 18.7 Å². The van der Waals surface area contributed by atoms with Crippen LogP contribution in [0.4, 0.5) is 23.2 Å². The van der Waals surface area contributed by atoms with Gasteiger partial charge in [0.1, 0.15) is 5.69 Å². The molecular weight excluding hydrogens is 300 g/mol. The summed E-state index contributed by atoms with van der Waals surface area (Å²) in [5, 5.41) is 2.78. The maximum absolute atomic E-state index is 13.3. The zero-order valence-electron chi connectivity index (χ0n) is 10.8. The van der Waals surface area contributed by atoms with Crippen molar-refractivity contribution in [2.45, 2.75) is 19.9 Å². The second-order valence-electron chi connectivity index (χ2n) is 4.37. The summed E-state index contributed by atoms with van der Waals surface area (Å²) in [5.74, 6) is -7.43. The Hall–Kier alpha value is -1.35. The Bertz CT molecular complexity index is 564. The lowest BCUT2D eigenvalue weighted by Crippen LogP contribution is -2.31. The van der Waals surface area contributed by atoms with Gasteiger partial charge < -0.3 is 5.32 Å². The Kier molecular flexibility index (Phi) is 5.35. The van der Waals surface area contributed by atoms with Crippen LogP contribution >= 0.6 is 0 Å². The van der Waals surface area contributed by atoms with E-state index in [1.807, 2.05) is 0 Å². The van der Waals surface area contributed by atoms with E-state index in [4.69, 9.17) is 0 Å². The maximum Gasteiger partial charge on any atom is 0.234 e. The Morgan fingerprint density at radius 3 is 2.05 bits per heavy atom. The van der Waals surface area contributed by atoms with E-state index in [1.54, 1.807) is 13.8 Å². The average molecular weight is 314 g/mol. The van der Waals surface area contributed by atoms with Crippen LogP contribution in [0.2, 0.25) is 0 Å². The van der Waals surface area contributed by atoms with Gasteiger partial charge in [0.15, 0.2) is 23.3 Å². The Morgan fingerprint density at radius 2 is 1.60 bits per heavy atom. The molecule has 0 radical (unpaired) electrons. The van der Waals surface area contributed by atoms with Gasteiger partial charge in [-0.15, -0.1) is 0 Å². The van der Waals surface area contributed by atoms with E-state index < -0.39 is 44.7 Å². The van der Waals surface area contributed by atoms with Crippen LogP contribution in [0.15, 0.2) is 6.07 Å². The molecule has 0 saturated carbocycles. The minimum absolute atomic E-state index is 0.00276. The lowest BCUT2D eigenvalue weighted by atomic mass is 10.3. The number of hydrogen-bond donors (Lipinski definition) is 2. The van der Waals surface area contributed by atoms with Crippen molar-refractivity contribution >= 4 is 15.7 Å². The molecule has 4 nitrogen and oxygen atoms in total. The molecule has 0 amide bonds. The van der Waals surface area contributed by atoms with Crippen LogP contribution < -0.4 is 10.0 Å². The molecular formula is C11H14F4N2O2S. The molecule has 0 aliphatic carbocycles. The number of anilines is 1. The van der Waals surface area contributed by atoms with Gasteiger partial charge in [0.25, 0.3) is 0 Å². The quantitative estimate of drug-likeness (QED) is 0.623. The van der Waals surface area contributed by atoms with Crippen LogP contribution in [0.5, 0.6) is 0 Å². The highest BCUT2D eigenvalue weighted by atomic mass is 32.2. The molecule has 0 unspecified atom stereocenters. The van der Waals surface area contributed by atoms with E-state index in [1.165, 1.54) is 4.72 Å². The molecule has 9 heteroatoms. The first kappa shape index (κ1) is 16.7. The highest BCUT2D eigenvalue weighted by Gasteiger charge is 2.23. The maximum atomic E-state index is 13.3. The predicted molar refractivity (Wildman–Crippen MR) is 66.8 cm³/mol. The first-order chi connectivity index (χ1) is 9.14. The standard InChI is InChI=1S/C11H14F4N2O2S/c1-6(2)16-3-4-20(18,19)17-11-9(14)7(12)5-8(13)10(11)15/h5-6,16-17H,3-4H2,1-2H3. The first-order valence-electron chi connectivity index (χ1n) is 5.71. The second-order valence-corrected chi connectivity index (χ2v) is 6.21. The Labute approximate surface area is 114 Å². The molecule has 1 aromatic rings. The fourth-order valence-corrected chi connectivity index (χ4v) is 2.33. The van der Waals surface area contributed by atoms with Crippen LogP contribution in [-0.4, -0.2) is 26.8 Å². The molecule has 0 spiro atoms. The Balaban J connectivity index is 2.93. The van der Waals surface area contributed by atoms with Gasteiger partial charge in [-0.1, -0.05) is 13.8 Å². The normalized spacial score (nSPS) is 11.9. The summed E-state index contributed by atoms with van der Waals surface area (Å²) in [5.41, 5.74) is -1.35.